The van der Waals surface area contributed by atoms with Crippen LogP contribution in [0.2, 0.25) is 0 Å². The summed E-state index contributed by atoms with van der Waals surface area (Å²) in [6.45, 7) is 5.07. The average Bonchev–Trinajstić information content (AvgIpc) is 3.17. The summed E-state index contributed by atoms with van der Waals surface area (Å²) in [6, 6.07) is 24.7. The summed E-state index contributed by atoms with van der Waals surface area (Å²) in [5.41, 5.74) is 1.48. The first-order valence-corrected chi connectivity index (χ1v) is 18.3. The van der Waals surface area contributed by atoms with Crippen molar-refractivity contribution in [3.05, 3.63) is 108 Å². The van der Waals surface area contributed by atoms with Gasteiger partial charge in [-0.1, -0.05) is 91.0 Å². The molecule has 0 heterocycles. The van der Waals surface area contributed by atoms with E-state index in [2.05, 4.69) is 26.6 Å². The van der Waals surface area contributed by atoms with Gasteiger partial charge in [-0.15, -0.1) is 0 Å². The number of rotatable bonds is 20. The van der Waals surface area contributed by atoms with Gasteiger partial charge in [-0.05, 0) is 56.7 Å². The number of carbonyl (C=O) groups is 6. The number of hydrogen-bond donors (Lipinski definition) is 6. The van der Waals surface area contributed by atoms with Gasteiger partial charge in [0.05, 0.1) is 0 Å². The Bertz CT molecular complexity index is 1690. The van der Waals surface area contributed by atoms with Crippen LogP contribution in [0.3, 0.4) is 0 Å². The standard InChI is InChI=1S/C40H52N6O10/c1-40(2,3)56-38(51)45-32(20-13-22-42-36(49)54-27-30-16-9-5-10-17-30)35(48)44-33(21-23-43-37(50)55-28-31-18-11-6-12-19-31)34(47)41-24-25-46(39(52)53)26-29-14-7-4-8-15-29/h4-12,14-19,32-33H,13,20-28H2,1-3H3,(H,41,47)(H,42,49)(H,43,50)(H,44,48)(H,45,51)(H,52,53)/t32-,33-/m0/s1. The van der Waals surface area contributed by atoms with E-state index in [-0.39, 0.29) is 65.2 Å². The predicted molar refractivity (Wildman–Crippen MR) is 206 cm³/mol. The highest BCUT2D eigenvalue weighted by Crippen LogP contribution is 2.09. The molecular formula is C40H52N6O10. The van der Waals surface area contributed by atoms with Gasteiger partial charge < -0.3 is 50.8 Å². The van der Waals surface area contributed by atoms with Gasteiger partial charge in [-0.25, -0.2) is 19.2 Å². The molecule has 2 atom stereocenters. The van der Waals surface area contributed by atoms with Crippen molar-refractivity contribution in [2.24, 2.45) is 0 Å². The molecule has 3 aromatic carbocycles. The Labute approximate surface area is 326 Å². The SMILES string of the molecule is CC(C)(C)OC(=O)N[C@@H](CCCNC(=O)OCc1ccccc1)C(=O)N[C@@H](CCNC(=O)OCc1ccccc1)C(=O)NCCN(Cc1ccccc1)C(=O)O. The highest BCUT2D eigenvalue weighted by Gasteiger charge is 2.28. The van der Waals surface area contributed by atoms with Crippen LogP contribution in [-0.2, 0) is 43.6 Å². The van der Waals surface area contributed by atoms with E-state index in [1.807, 2.05) is 54.6 Å². The van der Waals surface area contributed by atoms with Crippen molar-refractivity contribution < 1.29 is 48.1 Å². The number of ether oxygens (including phenoxy) is 3. The molecule has 0 aliphatic heterocycles. The van der Waals surface area contributed by atoms with Crippen molar-refractivity contribution in [1.29, 1.82) is 0 Å². The van der Waals surface area contributed by atoms with Crippen molar-refractivity contribution in [2.45, 2.75) is 77.5 Å². The van der Waals surface area contributed by atoms with E-state index >= 15 is 0 Å². The summed E-state index contributed by atoms with van der Waals surface area (Å²) >= 11 is 0. The number of amides is 6. The predicted octanol–water partition coefficient (Wildman–Crippen LogP) is 4.68. The maximum atomic E-state index is 13.7. The zero-order chi connectivity index (χ0) is 40.8. The van der Waals surface area contributed by atoms with Crippen LogP contribution in [0.1, 0.15) is 56.7 Å². The van der Waals surface area contributed by atoms with Crippen LogP contribution in [0.25, 0.3) is 0 Å². The van der Waals surface area contributed by atoms with Gasteiger partial charge >= 0.3 is 24.4 Å². The van der Waals surface area contributed by atoms with Crippen molar-refractivity contribution in [2.75, 3.05) is 26.2 Å². The van der Waals surface area contributed by atoms with Gasteiger partial charge in [0.15, 0.2) is 0 Å². The van der Waals surface area contributed by atoms with Gasteiger partial charge in [0.1, 0.15) is 30.9 Å². The minimum atomic E-state index is -1.22. The Hall–Kier alpha value is -6.32. The zero-order valence-corrected chi connectivity index (χ0v) is 32.0. The Kier molecular flexibility index (Phi) is 18.5. The molecule has 56 heavy (non-hydrogen) atoms. The second kappa shape index (κ2) is 23.5. The fourth-order valence-corrected chi connectivity index (χ4v) is 5.11. The number of benzene rings is 3. The normalized spacial score (nSPS) is 11.8. The lowest BCUT2D eigenvalue weighted by molar-refractivity contribution is -0.130. The smallest absolute Gasteiger partial charge is 0.408 e. The highest BCUT2D eigenvalue weighted by atomic mass is 16.6. The molecule has 16 heteroatoms. The lowest BCUT2D eigenvalue weighted by Gasteiger charge is -2.26. The molecular weight excluding hydrogens is 724 g/mol. The zero-order valence-electron chi connectivity index (χ0n) is 32.0. The van der Waals surface area contributed by atoms with Gasteiger partial charge in [-0.3, -0.25) is 9.59 Å². The molecule has 0 radical (unpaired) electrons. The maximum Gasteiger partial charge on any atom is 0.408 e. The molecule has 0 saturated carbocycles. The fourth-order valence-electron chi connectivity index (χ4n) is 5.11. The Morgan fingerprint density at radius 2 is 1.11 bits per heavy atom. The number of carbonyl (C=O) groups excluding carboxylic acids is 5. The molecule has 3 rings (SSSR count). The molecule has 0 aromatic heterocycles. The molecule has 3 aromatic rings. The van der Waals surface area contributed by atoms with E-state index in [0.717, 1.165) is 21.6 Å². The van der Waals surface area contributed by atoms with Crippen molar-refractivity contribution in [3.63, 3.8) is 0 Å². The van der Waals surface area contributed by atoms with Crippen molar-refractivity contribution >= 4 is 36.2 Å². The number of nitrogens with one attached hydrogen (secondary N) is 5. The van der Waals surface area contributed by atoms with Gasteiger partial charge in [0.2, 0.25) is 11.8 Å². The first kappa shape index (κ1) is 44.1. The second-order valence-electron chi connectivity index (χ2n) is 13.6. The minimum Gasteiger partial charge on any atom is -0.465 e. The van der Waals surface area contributed by atoms with E-state index in [1.165, 1.54) is 0 Å². The molecule has 16 nitrogen and oxygen atoms in total. The van der Waals surface area contributed by atoms with Crippen LogP contribution >= 0.6 is 0 Å². The fraction of sp³-hybridized carbons (Fsp3) is 0.400. The molecule has 6 amide bonds. The van der Waals surface area contributed by atoms with E-state index in [0.29, 0.717) is 0 Å². The van der Waals surface area contributed by atoms with Crippen molar-refractivity contribution in [3.8, 4) is 0 Å². The van der Waals surface area contributed by atoms with Crippen LogP contribution in [0.4, 0.5) is 19.2 Å². The van der Waals surface area contributed by atoms with Crippen molar-refractivity contribution in [1.82, 2.24) is 31.5 Å². The highest BCUT2D eigenvalue weighted by molar-refractivity contribution is 5.91. The van der Waals surface area contributed by atoms with E-state index < -0.39 is 53.9 Å². The number of alkyl carbamates (subject to hydrolysis) is 3. The summed E-state index contributed by atoms with van der Waals surface area (Å²) in [4.78, 5) is 77.7. The Morgan fingerprint density at radius 1 is 0.607 bits per heavy atom. The van der Waals surface area contributed by atoms with Gasteiger partial charge in [-0.2, -0.15) is 0 Å². The molecule has 302 valence electrons. The maximum absolute atomic E-state index is 13.7. The molecule has 0 saturated heterocycles. The lowest BCUT2D eigenvalue weighted by atomic mass is 10.1. The first-order chi connectivity index (χ1) is 26.8. The van der Waals surface area contributed by atoms with Crippen LogP contribution in [0.5, 0.6) is 0 Å². The summed E-state index contributed by atoms with van der Waals surface area (Å²) in [7, 11) is 0. The van der Waals surface area contributed by atoms with Gasteiger partial charge in [0, 0.05) is 32.7 Å². The van der Waals surface area contributed by atoms with Crippen LogP contribution in [-0.4, -0.2) is 90.1 Å². The minimum absolute atomic E-state index is 0.0218. The Morgan fingerprint density at radius 3 is 1.62 bits per heavy atom. The molecule has 0 fully saturated rings. The third-order valence-corrected chi connectivity index (χ3v) is 7.87. The van der Waals surface area contributed by atoms with Crippen LogP contribution < -0.4 is 26.6 Å². The largest absolute Gasteiger partial charge is 0.465 e. The number of carboxylic acid groups (broad SMARTS) is 1. The third-order valence-electron chi connectivity index (χ3n) is 7.87. The Balaban J connectivity index is 1.64. The molecule has 0 aliphatic carbocycles. The number of hydrogen-bond acceptors (Lipinski definition) is 9. The molecule has 6 N–H and O–H groups in total. The van der Waals surface area contributed by atoms with E-state index in [1.54, 1.807) is 57.2 Å². The topological polar surface area (TPSA) is 214 Å². The van der Waals surface area contributed by atoms with E-state index in [4.69, 9.17) is 14.2 Å². The summed E-state index contributed by atoms with van der Waals surface area (Å²) in [5.74, 6) is -1.38. The van der Waals surface area contributed by atoms with Crippen LogP contribution in [0, 0.1) is 0 Å². The quantitative estimate of drug-likeness (QED) is 0.0688. The van der Waals surface area contributed by atoms with Crippen LogP contribution in [0.15, 0.2) is 91.0 Å². The molecule has 0 bridgehead atoms. The summed E-state index contributed by atoms with van der Waals surface area (Å²) in [6.07, 6.45) is -3.27. The molecule has 0 unspecified atom stereocenters. The molecule has 0 aliphatic rings. The lowest BCUT2D eigenvalue weighted by Crippen LogP contribution is -2.55. The summed E-state index contributed by atoms with van der Waals surface area (Å²) in [5, 5.41) is 22.8. The van der Waals surface area contributed by atoms with Gasteiger partial charge in [0.25, 0.3) is 0 Å². The molecule has 0 spiro atoms. The average molecular weight is 777 g/mol. The summed E-state index contributed by atoms with van der Waals surface area (Å²) < 4.78 is 15.8. The monoisotopic (exact) mass is 776 g/mol. The third kappa shape index (κ3) is 18.1. The van der Waals surface area contributed by atoms with E-state index in [9.17, 15) is 33.9 Å². The number of nitrogens with zero attached hydrogens (tertiary/aromatic N) is 1. The second-order valence-corrected chi connectivity index (χ2v) is 13.6. The first-order valence-electron chi connectivity index (χ1n) is 18.3.